The lowest BCUT2D eigenvalue weighted by molar-refractivity contribution is 0.0155. The fourth-order valence-electron chi connectivity index (χ4n) is 2.65. The lowest BCUT2D eigenvalue weighted by Gasteiger charge is -2.37. The fourth-order valence-corrected chi connectivity index (χ4v) is 3.07. The molecule has 1 aliphatic rings. The number of hydrogen-bond donors (Lipinski definition) is 1. The zero-order valence-electron chi connectivity index (χ0n) is 10.8. The van der Waals surface area contributed by atoms with E-state index in [9.17, 15) is 0 Å². The molecular weight excluding hydrogens is 292 g/mol. The molecule has 0 saturated carbocycles. The van der Waals surface area contributed by atoms with Crippen LogP contribution in [0, 0.1) is 0 Å². The largest absolute Gasteiger partial charge is 0.380 e. The van der Waals surface area contributed by atoms with Crippen LogP contribution in [0.4, 0.5) is 0 Å². The van der Waals surface area contributed by atoms with E-state index in [1.54, 1.807) is 7.11 Å². The number of rotatable bonds is 4. The summed E-state index contributed by atoms with van der Waals surface area (Å²) in [6.45, 7) is 2.73. The van der Waals surface area contributed by atoms with E-state index in [1.807, 2.05) is 6.07 Å². The molecule has 2 atom stereocenters. The van der Waals surface area contributed by atoms with Crippen molar-refractivity contribution in [3.63, 3.8) is 0 Å². The van der Waals surface area contributed by atoms with Crippen molar-refractivity contribution >= 4 is 15.9 Å². The summed E-state index contributed by atoms with van der Waals surface area (Å²) in [6, 6.07) is 8.72. The summed E-state index contributed by atoms with van der Waals surface area (Å²) >= 11 is 3.53. The normalized spacial score (nSPS) is 22.9. The summed E-state index contributed by atoms with van der Waals surface area (Å²) in [5.74, 6) is 0. The monoisotopic (exact) mass is 312 g/mol. The van der Waals surface area contributed by atoms with Crippen LogP contribution in [0.5, 0.6) is 0 Å². The summed E-state index contributed by atoms with van der Waals surface area (Å²) in [5, 5.41) is 0. The topological polar surface area (TPSA) is 38.5 Å². The van der Waals surface area contributed by atoms with Gasteiger partial charge in [-0.3, -0.25) is 4.90 Å². The van der Waals surface area contributed by atoms with Gasteiger partial charge in [0.15, 0.2) is 0 Å². The number of nitrogens with two attached hydrogens (primary N) is 1. The molecule has 1 heterocycles. The van der Waals surface area contributed by atoms with Crippen molar-refractivity contribution in [1.29, 1.82) is 0 Å². The van der Waals surface area contributed by atoms with Crippen molar-refractivity contribution in [3.05, 3.63) is 34.3 Å². The molecule has 0 amide bonds. The van der Waals surface area contributed by atoms with E-state index in [1.165, 1.54) is 12.0 Å². The third-order valence-corrected chi connectivity index (χ3v) is 4.13. The highest BCUT2D eigenvalue weighted by atomic mass is 79.9. The van der Waals surface area contributed by atoms with Crippen molar-refractivity contribution < 1.29 is 4.74 Å². The number of likely N-dealkylation sites (tertiary alicyclic amines) is 1. The average Bonchev–Trinajstić information content (AvgIpc) is 2.40. The quantitative estimate of drug-likeness (QED) is 0.928. The summed E-state index contributed by atoms with van der Waals surface area (Å²) in [5.41, 5.74) is 7.26. The Morgan fingerprint density at radius 1 is 1.56 bits per heavy atom. The minimum absolute atomic E-state index is 0.292. The molecule has 18 heavy (non-hydrogen) atoms. The van der Waals surface area contributed by atoms with E-state index in [0.717, 1.165) is 24.0 Å². The molecule has 1 saturated heterocycles. The molecule has 1 aromatic rings. The predicted molar refractivity (Wildman–Crippen MR) is 77.5 cm³/mol. The van der Waals surface area contributed by atoms with Crippen molar-refractivity contribution in [2.75, 3.05) is 26.7 Å². The van der Waals surface area contributed by atoms with Crippen LogP contribution in [-0.2, 0) is 4.74 Å². The molecule has 0 aliphatic carbocycles. The minimum Gasteiger partial charge on any atom is -0.380 e. The molecule has 0 aromatic heterocycles. The van der Waals surface area contributed by atoms with E-state index in [-0.39, 0.29) is 0 Å². The van der Waals surface area contributed by atoms with Gasteiger partial charge in [0.2, 0.25) is 0 Å². The van der Waals surface area contributed by atoms with E-state index in [2.05, 4.69) is 39.0 Å². The number of hydrogen-bond acceptors (Lipinski definition) is 3. The minimum atomic E-state index is 0.292. The number of halogens is 1. The third-order valence-electron chi connectivity index (χ3n) is 3.64. The molecule has 1 aromatic carbocycles. The van der Waals surface area contributed by atoms with Gasteiger partial charge in [-0.15, -0.1) is 0 Å². The van der Waals surface area contributed by atoms with Crippen LogP contribution in [0.3, 0.4) is 0 Å². The van der Waals surface area contributed by atoms with Crippen LogP contribution >= 0.6 is 15.9 Å². The molecule has 2 unspecified atom stereocenters. The molecule has 2 N–H and O–H groups in total. The molecule has 0 spiro atoms. The number of methoxy groups -OCH3 is 1. The molecule has 1 aliphatic heterocycles. The highest BCUT2D eigenvalue weighted by Crippen LogP contribution is 2.26. The van der Waals surface area contributed by atoms with Gasteiger partial charge in [0.25, 0.3) is 0 Å². The maximum absolute atomic E-state index is 5.97. The fraction of sp³-hybridized carbons (Fsp3) is 0.571. The van der Waals surface area contributed by atoms with Gasteiger partial charge in [0.05, 0.1) is 6.10 Å². The molecule has 100 valence electrons. The van der Waals surface area contributed by atoms with Crippen LogP contribution in [0.1, 0.15) is 24.4 Å². The molecule has 3 nitrogen and oxygen atoms in total. The van der Waals surface area contributed by atoms with Crippen LogP contribution < -0.4 is 5.73 Å². The van der Waals surface area contributed by atoms with Crippen LogP contribution in [0.2, 0.25) is 0 Å². The standard InChI is InChI=1S/C14H21BrN2O/c1-18-13-6-3-7-17(10-13)14(9-16)11-4-2-5-12(15)8-11/h2,4-5,8,13-14H,3,6-7,9-10,16H2,1H3. The Hall–Kier alpha value is -0.420. The first-order valence-electron chi connectivity index (χ1n) is 6.47. The zero-order chi connectivity index (χ0) is 13.0. The van der Waals surface area contributed by atoms with Crippen molar-refractivity contribution in [1.82, 2.24) is 4.90 Å². The molecular formula is C14H21BrN2O. The second-order valence-corrected chi connectivity index (χ2v) is 5.72. The van der Waals surface area contributed by atoms with Gasteiger partial charge in [-0.25, -0.2) is 0 Å². The number of benzene rings is 1. The predicted octanol–water partition coefficient (Wildman–Crippen LogP) is 2.56. The zero-order valence-corrected chi connectivity index (χ0v) is 12.4. The first kappa shape index (κ1) is 14.0. The molecule has 1 fully saturated rings. The van der Waals surface area contributed by atoms with Gasteiger partial charge in [0, 0.05) is 30.7 Å². The average molecular weight is 313 g/mol. The number of piperidine rings is 1. The van der Waals surface area contributed by atoms with Crippen molar-refractivity contribution in [3.8, 4) is 0 Å². The maximum atomic E-state index is 5.97. The lowest BCUT2D eigenvalue weighted by atomic mass is 10.0. The Morgan fingerprint density at radius 2 is 2.39 bits per heavy atom. The highest BCUT2D eigenvalue weighted by molar-refractivity contribution is 9.10. The molecule has 0 bridgehead atoms. The Morgan fingerprint density at radius 3 is 3.06 bits per heavy atom. The number of ether oxygens (including phenoxy) is 1. The first-order chi connectivity index (χ1) is 8.74. The van der Waals surface area contributed by atoms with Gasteiger partial charge in [-0.1, -0.05) is 28.1 Å². The van der Waals surface area contributed by atoms with Crippen LogP contribution in [0.15, 0.2) is 28.7 Å². The Bertz CT molecular complexity index is 386. The maximum Gasteiger partial charge on any atom is 0.0698 e. The first-order valence-corrected chi connectivity index (χ1v) is 7.26. The lowest BCUT2D eigenvalue weighted by Crippen LogP contribution is -2.43. The molecule has 2 rings (SSSR count). The summed E-state index contributed by atoms with van der Waals surface area (Å²) in [6.07, 6.45) is 2.69. The second-order valence-electron chi connectivity index (χ2n) is 4.80. The van der Waals surface area contributed by atoms with Gasteiger partial charge in [-0.05, 0) is 37.1 Å². The van der Waals surface area contributed by atoms with Gasteiger partial charge in [-0.2, -0.15) is 0 Å². The van der Waals surface area contributed by atoms with Gasteiger partial charge < -0.3 is 10.5 Å². The highest BCUT2D eigenvalue weighted by Gasteiger charge is 2.26. The van der Waals surface area contributed by atoms with Crippen molar-refractivity contribution in [2.24, 2.45) is 5.73 Å². The van der Waals surface area contributed by atoms with Gasteiger partial charge >= 0.3 is 0 Å². The second kappa shape index (κ2) is 6.66. The third kappa shape index (κ3) is 3.32. The SMILES string of the molecule is COC1CCCN(C(CN)c2cccc(Br)c2)C1. The molecule has 0 radical (unpaired) electrons. The van der Waals surface area contributed by atoms with Crippen LogP contribution in [0.25, 0.3) is 0 Å². The Kier molecular flexibility index (Phi) is 5.18. The summed E-state index contributed by atoms with van der Waals surface area (Å²) in [7, 11) is 1.80. The summed E-state index contributed by atoms with van der Waals surface area (Å²) < 4.78 is 6.59. The van der Waals surface area contributed by atoms with E-state index in [4.69, 9.17) is 10.5 Å². The smallest absolute Gasteiger partial charge is 0.0698 e. The van der Waals surface area contributed by atoms with E-state index in [0.29, 0.717) is 18.7 Å². The van der Waals surface area contributed by atoms with Crippen LogP contribution in [-0.4, -0.2) is 37.7 Å². The van der Waals surface area contributed by atoms with Crippen molar-refractivity contribution in [2.45, 2.75) is 25.0 Å². The van der Waals surface area contributed by atoms with E-state index < -0.39 is 0 Å². The van der Waals surface area contributed by atoms with Gasteiger partial charge in [0.1, 0.15) is 0 Å². The molecule has 4 heteroatoms. The van der Waals surface area contributed by atoms with E-state index >= 15 is 0 Å². The summed E-state index contributed by atoms with van der Waals surface area (Å²) in [4.78, 5) is 2.44. The number of nitrogens with zero attached hydrogens (tertiary/aromatic N) is 1. The Labute approximate surface area is 117 Å². The Balaban J connectivity index is 2.12.